The zero-order valence-corrected chi connectivity index (χ0v) is 14.3. The summed E-state index contributed by atoms with van der Waals surface area (Å²) in [6.07, 6.45) is 0. The fourth-order valence-electron chi connectivity index (χ4n) is 3.85. The van der Waals surface area contributed by atoms with Crippen molar-refractivity contribution in [2.75, 3.05) is 5.84 Å². The van der Waals surface area contributed by atoms with Crippen molar-refractivity contribution in [1.82, 2.24) is 4.68 Å². The molecule has 0 fully saturated rings. The molecule has 0 unspecified atom stereocenters. The Morgan fingerprint density at radius 2 is 1.15 bits per heavy atom. The highest BCUT2D eigenvalue weighted by molar-refractivity contribution is 6.15. The highest BCUT2D eigenvalue weighted by Crippen LogP contribution is 2.40. The molecule has 0 aliphatic rings. The van der Waals surface area contributed by atoms with E-state index in [1.54, 1.807) is 0 Å². The smallest absolute Gasteiger partial charge is 0.0788 e. The van der Waals surface area contributed by atoms with Gasteiger partial charge >= 0.3 is 0 Å². The highest BCUT2D eigenvalue weighted by atomic mass is 15.3. The first kappa shape index (κ1) is 14.8. The summed E-state index contributed by atoms with van der Waals surface area (Å²) in [6.45, 7) is 0. The average Bonchev–Trinajstić information content (AvgIpc) is 3.01. The molecular formula is C24H18N2. The quantitative estimate of drug-likeness (QED) is 0.404. The zero-order chi connectivity index (χ0) is 17.5. The van der Waals surface area contributed by atoms with Gasteiger partial charge in [0.2, 0.25) is 0 Å². The Hall–Kier alpha value is -3.52. The van der Waals surface area contributed by atoms with E-state index in [0.29, 0.717) is 0 Å². The molecule has 2 N–H and O–H groups in total. The Bertz CT molecular complexity index is 1220. The normalized spacial score (nSPS) is 11.2. The number of nitrogens with zero attached hydrogens (tertiary/aromatic N) is 1. The zero-order valence-electron chi connectivity index (χ0n) is 14.3. The van der Waals surface area contributed by atoms with E-state index >= 15 is 0 Å². The molecule has 0 radical (unpaired) electrons. The molecule has 0 atom stereocenters. The van der Waals surface area contributed by atoms with Crippen LogP contribution >= 0.6 is 0 Å². The number of nitrogens with two attached hydrogens (primary N) is 1. The summed E-state index contributed by atoms with van der Waals surface area (Å²) in [5.41, 5.74) is 6.85. The summed E-state index contributed by atoms with van der Waals surface area (Å²) in [5.74, 6) is 6.58. The number of para-hydroxylation sites is 1. The number of hydrogen-bond acceptors (Lipinski definition) is 1. The first-order valence-corrected chi connectivity index (χ1v) is 8.76. The van der Waals surface area contributed by atoms with Gasteiger partial charge < -0.3 is 5.84 Å². The fraction of sp³-hybridized carbons (Fsp3) is 0. The second-order valence-corrected chi connectivity index (χ2v) is 6.50. The average molecular weight is 334 g/mol. The van der Waals surface area contributed by atoms with Crippen LogP contribution in [0.25, 0.3) is 44.1 Å². The maximum absolute atomic E-state index is 6.58. The minimum atomic E-state index is 1.05. The van der Waals surface area contributed by atoms with Gasteiger partial charge in [-0.25, -0.2) is 0 Å². The molecule has 0 bridgehead atoms. The van der Waals surface area contributed by atoms with Gasteiger partial charge in [-0.2, -0.15) is 0 Å². The van der Waals surface area contributed by atoms with Gasteiger partial charge in [0, 0.05) is 16.3 Å². The predicted octanol–water partition coefficient (Wildman–Crippen LogP) is 5.84. The van der Waals surface area contributed by atoms with Crippen molar-refractivity contribution in [1.29, 1.82) is 0 Å². The van der Waals surface area contributed by atoms with Crippen LogP contribution in [0.1, 0.15) is 0 Å². The van der Waals surface area contributed by atoms with Crippen LogP contribution in [-0.2, 0) is 0 Å². The minimum Gasteiger partial charge on any atom is -0.339 e. The van der Waals surface area contributed by atoms with Gasteiger partial charge in [0.25, 0.3) is 0 Å². The van der Waals surface area contributed by atoms with Crippen molar-refractivity contribution in [2.24, 2.45) is 0 Å². The van der Waals surface area contributed by atoms with Gasteiger partial charge in [-0.05, 0) is 22.8 Å². The number of hydrogen-bond donors (Lipinski definition) is 1. The third kappa shape index (κ3) is 2.12. The molecule has 0 saturated heterocycles. The van der Waals surface area contributed by atoms with Gasteiger partial charge in [0.15, 0.2) is 0 Å². The summed E-state index contributed by atoms with van der Waals surface area (Å²) in [7, 11) is 0. The lowest BCUT2D eigenvalue weighted by molar-refractivity contribution is 1.12. The summed E-state index contributed by atoms with van der Waals surface area (Å²) in [4.78, 5) is 0. The number of nitrogen functional groups attached to an aromatic ring is 1. The molecule has 0 aliphatic carbocycles. The molecule has 4 aromatic carbocycles. The van der Waals surface area contributed by atoms with Crippen LogP contribution < -0.4 is 5.84 Å². The maximum Gasteiger partial charge on any atom is 0.0788 e. The van der Waals surface area contributed by atoms with Crippen LogP contribution in [0.15, 0.2) is 97.1 Å². The van der Waals surface area contributed by atoms with Crippen LogP contribution in [0.2, 0.25) is 0 Å². The first-order chi connectivity index (χ1) is 12.8. The van der Waals surface area contributed by atoms with Crippen molar-refractivity contribution >= 4 is 21.8 Å². The first-order valence-electron chi connectivity index (χ1n) is 8.76. The lowest BCUT2D eigenvalue weighted by Crippen LogP contribution is -2.08. The molecule has 0 aliphatic heterocycles. The Labute approximate surface area is 152 Å². The molecule has 0 amide bonds. The van der Waals surface area contributed by atoms with Crippen LogP contribution in [-0.4, -0.2) is 4.68 Å². The molecule has 1 aromatic heterocycles. The van der Waals surface area contributed by atoms with Crippen molar-refractivity contribution in [3.63, 3.8) is 0 Å². The van der Waals surface area contributed by atoms with Crippen LogP contribution in [0.4, 0.5) is 0 Å². The Kier molecular flexibility index (Phi) is 3.29. The summed E-state index contributed by atoms with van der Waals surface area (Å²) in [6, 6.07) is 33.7. The van der Waals surface area contributed by atoms with Crippen molar-refractivity contribution in [2.45, 2.75) is 0 Å². The van der Waals surface area contributed by atoms with Crippen molar-refractivity contribution in [3.05, 3.63) is 97.1 Å². The van der Waals surface area contributed by atoms with Gasteiger partial charge in [0.1, 0.15) is 0 Å². The molecule has 5 rings (SSSR count). The minimum absolute atomic E-state index is 1.05. The summed E-state index contributed by atoms with van der Waals surface area (Å²) < 4.78 is 1.83. The molecule has 2 nitrogen and oxygen atoms in total. The van der Waals surface area contributed by atoms with E-state index in [9.17, 15) is 0 Å². The van der Waals surface area contributed by atoms with Crippen LogP contribution in [0.5, 0.6) is 0 Å². The summed E-state index contributed by atoms with van der Waals surface area (Å²) >= 11 is 0. The molecule has 5 aromatic rings. The highest BCUT2D eigenvalue weighted by Gasteiger charge is 2.17. The molecule has 1 heterocycles. The molecule has 2 heteroatoms. The molecule has 0 saturated carbocycles. The third-order valence-electron chi connectivity index (χ3n) is 5.02. The lowest BCUT2D eigenvalue weighted by atomic mass is 9.92. The number of aromatic nitrogens is 1. The second kappa shape index (κ2) is 5.78. The SMILES string of the molecule is Nn1c2ccccc2c2ccc(-c3ccccc3)c(-c3ccccc3)c21. The number of benzene rings is 4. The van der Waals surface area contributed by atoms with Crippen molar-refractivity contribution in [3.8, 4) is 22.3 Å². The number of rotatable bonds is 2. The van der Waals surface area contributed by atoms with Gasteiger partial charge in [-0.15, -0.1) is 0 Å². The van der Waals surface area contributed by atoms with E-state index in [0.717, 1.165) is 11.0 Å². The van der Waals surface area contributed by atoms with Gasteiger partial charge in [0.05, 0.1) is 11.0 Å². The van der Waals surface area contributed by atoms with E-state index < -0.39 is 0 Å². The van der Waals surface area contributed by atoms with E-state index in [1.807, 2.05) is 22.9 Å². The number of fused-ring (bicyclic) bond motifs is 3. The molecule has 26 heavy (non-hydrogen) atoms. The largest absolute Gasteiger partial charge is 0.339 e. The van der Waals surface area contributed by atoms with E-state index in [-0.39, 0.29) is 0 Å². The topological polar surface area (TPSA) is 30.9 Å². The third-order valence-corrected chi connectivity index (χ3v) is 5.02. The second-order valence-electron chi connectivity index (χ2n) is 6.50. The maximum atomic E-state index is 6.58. The Morgan fingerprint density at radius 3 is 1.88 bits per heavy atom. The summed E-state index contributed by atoms with van der Waals surface area (Å²) in [5, 5.41) is 2.36. The van der Waals surface area contributed by atoms with E-state index in [4.69, 9.17) is 5.84 Å². The molecular weight excluding hydrogens is 316 g/mol. The van der Waals surface area contributed by atoms with Crippen LogP contribution in [0.3, 0.4) is 0 Å². The van der Waals surface area contributed by atoms with E-state index in [2.05, 4.69) is 78.9 Å². The molecule has 0 spiro atoms. The van der Waals surface area contributed by atoms with Gasteiger partial charge in [-0.3, -0.25) is 4.68 Å². The monoisotopic (exact) mass is 334 g/mol. The van der Waals surface area contributed by atoms with Crippen LogP contribution in [0, 0.1) is 0 Å². The predicted molar refractivity (Wildman–Crippen MR) is 110 cm³/mol. The fourth-order valence-corrected chi connectivity index (χ4v) is 3.85. The lowest BCUT2D eigenvalue weighted by Gasteiger charge is -2.13. The Balaban J connectivity index is 1.98. The van der Waals surface area contributed by atoms with E-state index in [1.165, 1.54) is 33.0 Å². The van der Waals surface area contributed by atoms with Gasteiger partial charge in [-0.1, -0.05) is 91.0 Å². The van der Waals surface area contributed by atoms with Crippen molar-refractivity contribution < 1.29 is 0 Å². The standard InChI is InChI=1S/C24H18N2/c25-26-22-14-8-7-13-20(22)21-16-15-19(17-9-3-1-4-10-17)23(24(21)26)18-11-5-2-6-12-18/h1-16H,25H2. The Morgan fingerprint density at radius 1 is 0.538 bits per heavy atom. The molecule has 124 valence electrons.